The van der Waals surface area contributed by atoms with Gasteiger partial charge in [0, 0.05) is 12.8 Å². The lowest BCUT2D eigenvalue weighted by molar-refractivity contribution is 0.343. The molecule has 1 heterocycles. The van der Waals surface area contributed by atoms with E-state index >= 15 is 0 Å². The molecule has 22 heavy (non-hydrogen) atoms. The van der Waals surface area contributed by atoms with Gasteiger partial charge in [0.2, 0.25) is 0 Å². The minimum Gasteiger partial charge on any atom is -0.493 e. The number of rotatable bonds is 5. The van der Waals surface area contributed by atoms with Crippen LogP contribution in [0.1, 0.15) is 11.1 Å². The van der Waals surface area contributed by atoms with E-state index < -0.39 is 0 Å². The summed E-state index contributed by atoms with van der Waals surface area (Å²) in [4.78, 5) is 4.65. The van der Waals surface area contributed by atoms with Gasteiger partial charge in [0.1, 0.15) is 5.75 Å². The third-order valence-electron chi connectivity index (χ3n) is 3.81. The van der Waals surface area contributed by atoms with Gasteiger partial charge in [-0.15, -0.1) is 0 Å². The van der Waals surface area contributed by atoms with Gasteiger partial charge in [0.25, 0.3) is 0 Å². The van der Waals surface area contributed by atoms with Crippen LogP contribution in [0.3, 0.4) is 0 Å². The molecule has 0 radical (unpaired) electrons. The van der Waals surface area contributed by atoms with Crippen molar-refractivity contribution in [3.8, 4) is 5.75 Å². The van der Waals surface area contributed by atoms with Gasteiger partial charge >= 0.3 is 0 Å². The number of hydrogen-bond acceptors (Lipinski definition) is 3. The third-order valence-corrected chi connectivity index (χ3v) is 4.80. The highest BCUT2D eigenvalue weighted by Gasteiger charge is 2.07. The molecule has 0 saturated heterocycles. The predicted molar refractivity (Wildman–Crippen MR) is 92.8 cm³/mol. The van der Waals surface area contributed by atoms with Crippen LogP contribution < -0.4 is 4.74 Å². The number of hydrogen-bond donors (Lipinski definition) is 0. The summed E-state index contributed by atoms with van der Waals surface area (Å²) in [6.07, 6.45) is 0. The molecule has 0 aliphatic heterocycles. The average molecular weight is 312 g/mol. The molecule has 0 bridgehead atoms. The molecule has 0 amide bonds. The SMILES string of the molecule is Cc1ccc(OCCSc2nc3ccccc3n2C)cc1C. The highest BCUT2D eigenvalue weighted by Crippen LogP contribution is 2.23. The number of thioether (sulfide) groups is 1. The molecule has 1 aromatic heterocycles. The van der Waals surface area contributed by atoms with E-state index in [1.54, 1.807) is 11.8 Å². The van der Waals surface area contributed by atoms with Gasteiger partial charge in [-0.2, -0.15) is 0 Å². The number of imidazole rings is 1. The van der Waals surface area contributed by atoms with Crippen molar-refractivity contribution in [2.24, 2.45) is 7.05 Å². The number of aryl methyl sites for hydroxylation is 3. The van der Waals surface area contributed by atoms with E-state index in [0.717, 1.165) is 22.2 Å². The maximum atomic E-state index is 5.82. The number of ether oxygens (including phenoxy) is 1. The maximum absolute atomic E-state index is 5.82. The maximum Gasteiger partial charge on any atom is 0.168 e. The molecule has 3 nitrogen and oxygen atoms in total. The Bertz CT molecular complexity index is 795. The van der Waals surface area contributed by atoms with Gasteiger partial charge in [-0.05, 0) is 49.2 Å². The first kappa shape index (κ1) is 15.0. The van der Waals surface area contributed by atoms with Gasteiger partial charge < -0.3 is 9.30 Å². The lowest BCUT2D eigenvalue weighted by atomic mass is 10.1. The molecule has 2 aromatic carbocycles. The fraction of sp³-hybridized carbons (Fsp3) is 0.278. The van der Waals surface area contributed by atoms with E-state index in [2.05, 4.69) is 48.6 Å². The number of fused-ring (bicyclic) bond motifs is 1. The van der Waals surface area contributed by atoms with Crippen molar-refractivity contribution < 1.29 is 4.74 Å². The molecule has 3 aromatic rings. The van der Waals surface area contributed by atoms with Gasteiger partial charge in [0.15, 0.2) is 5.16 Å². The Labute approximate surface area is 135 Å². The van der Waals surface area contributed by atoms with Crippen molar-refractivity contribution in [1.82, 2.24) is 9.55 Å². The Morgan fingerprint density at radius 1 is 1.09 bits per heavy atom. The van der Waals surface area contributed by atoms with Crippen LogP contribution in [-0.2, 0) is 7.05 Å². The van der Waals surface area contributed by atoms with E-state index in [0.29, 0.717) is 6.61 Å². The molecule has 114 valence electrons. The zero-order chi connectivity index (χ0) is 15.5. The summed E-state index contributed by atoms with van der Waals surface area (Å²) in [5.41, 5.74) is 4.77. The summed E-state index contributed by atoms with van der Waals surface area (Å²) in [6.45, 7) is 4.90. The zero-order valence-electron chi connectivity index (χ0n) is 13.2. The minimum atomic E-state index is 0.677. The standard InChI is InChI=1S/C18H20N2OS/c1-13-8-9-15(12-14(13)2)21-10-11-22-18-19-16-6-4-5-7-17(16)20(18)3/h4-9,12H,10-11H2,1-3H3. The Balaban J connectivity index is 1.58. The average Bonchev–Trinajstić information content (AvgIpc) is 2.84. The molecule has 0 atom stereocenters. The van der Waals surface area contributed by atoms with E-state index in [4.69, 9.17) is 4.74 Å². The van der Waals surface area contributed by atoms with E-state index in [-0.39, 0.29) is 0 Å². The normalized spacial score (nSPS) is 11.0. The van der Waals surface area contributed by atoms with Gasteiger partial charge in [-0.3, -0.25) is 0 Å². The first-order valence-electron chi connectivity index (χ1n) is 7.39. The van der Waals surface area contributed by atoms with Gasteiger partial charge in [-0.25, -0.2) is 4.98 Å². The van der Waals surface area contributed by atoms with Crippen molar-refractivity contribution >= 4 is 22.8 Å². The zero-order valence-corrected chi connectivity index (χ0v) is 14.0. The first-order valence-corrected chi connectivity index (χ1v) is 8.38. The van der Waals surface area contributed by atoms with E-state index in [9.17, 15) is 0 Å². The van der Waals surface area contributed by atoms with Crippen molar-refractivity contribution in [3.63, 3.8) is 0 Å². The van der Waals surface area contributed by atoms with Crippen molar-refractivity contribution in [1.29, 1.82) is 0 Å². The third kappa shape index (κ3) is 3.12. The fourth-order valence-corrected chi connectivity index (χ4v) is 3.15. The molecule has 0 fully saturated rings. The van der Waals surface area contributed by atoms with Crippen molar-refractivity contribution in [2.75, 3.05) is 12.4 Å². The summed E-state index contributed by atoms with van der Waals surface area (Å²) >= 11 is 1.73. The first-order chi connectivity index (χ1) is 10.6. The minimum absolute atomic E-state index is 0.677. The molecule has 0 aliphatic carbocycles. The highest BCUT2D eigenvalue weighted by atomic mass is 32.2. The second-order valence-electron chi connectivity index (χ2n) is 5.39. The summed E-state index contributed by atoms with van der Waals surface area (Å²) in [5, 5.41) is 1.03. The van der Waals surface area contributed by atoms with Crippen LogP contribution in [0.15, 0.2) is 47.6 Å². The van der Waals surface area contributed by atoms with Crippen LogP contribution >= 0.6 is 11.8 Å². The Morgan fingerprint density at radius 2 is 1.91 bits per heavy atom. The molecule has 4 heteroatoms. The van der Waals surface area contributed by atoms with Crippen LogP contribution in [-0.4, -0.2) is 21.9 Å². The molecular weight excluding hydrogens is 292 g/mol. The molecule has 0 aliphatic rings. The Hall–Kier alpha value is -1.94. The summed E-state index contributed by atoms with van der Waals surface area (Å²) in [7, 11) is 2.06. The molecule has 0 N–H and O–H groups in total. The van der Waals surface area contributed by atoms with Crippen molar-refractivity contribution in [2.45, 2.75) is 19.0 Å². The molecule has 3 rings (SSSR count). The fourth-order valence-electron chi connectivity index (χ4n) is 2.35. The van der Waals surface area contributed by atoms with Crippen LogP contribution in [0.4, 0.5) is 0 Å². The topological polar surface area (TPSA) is 27.1 Å². The number of para-hydroxylation sites is 2. The lowest BCUT2D eigenvalue weighted by Crippen LogP contribution is -2.02. The van der Waals surface area contributed by atoms with Crippen LogP contribution in [0.5, 0.6) is 5.75 Å². The Morgan fingerprint density at radius 3 is 2.68 bits per heavy atom. The van der Waals surface area contributed by atoms with Gasteiger partial charge in [0.05, 0.1) is 17.6 Å². The summed E-state index contributed by atoms with van der Waals surface area (Å²) < 4.78 is 7.95. The largest absolute Gasteiger partial charge is 0.493 e. The van der Waals surface area contributed by atoms with Crippen LogP contribution in [0, 0.1) is 13.8 Å². The molecule has 0 saturated carbocycles. The second kappa shape index (κ2) is 6.44. The second-order valence-corrected chi connectivity index (χ2v) is 6.45. The smallest absolute Gasteiger partial charge is 0.168 e. The Kier molecular flexibility index (Phi) is 4.39. The van der Waals surface area contributed by atoms with Gasteiger partial charge in [-0.1, -0.05) is 30.0 Å². The quantitative estimate of drug-likeness (QED) is 0.517. The van der Waals surface area contributed by atoms with Crippen LogP contribution in [0.25, 0.3) is 11.0 Å². The van der Waals surface area contributed by atoms with Crippen molar-refractivity contribution in [3.05, 3.63) is 53.6 Å². The number of aromatic nitrogens is 2. The summed E-state index contributed by atoms with van der Waals surface area (Å²) in [6, 6.07) is 14.4. The highest BCUT2D eigenvalue weighted by molar-refractivity contribution is 7.99. The monoisotopic (exact) mass is 312 g/mol. The van der Waals surface area contributed by atoms with E-state index in [1.165, 1.54) is 16.6 Å². The molecular formula is C18H20N2OS. The summed E-state index contributed by atoms with van der Waals surface area (Å²) in [5.74, 6) is 1.82. The molecule has 0 unspecified atom stereocenters. The number of benzene rings is 2. The molecule has 0 spiro atoms. The number of nitrogens with zero attached hydrogens (tertiary/aromatic N) is 2. The van der Waals surface area contributed by atoms with Crippen LogP contribution in [0.2, 0.25) is 0 Å². The lowest BCUT2D eigenvalue weighted by Gasteiger charge is -2.08. The predicted octanol–water partition coefficient (Wildman–Crippen LogP) is 4.36. The van der Waals surface area contributed by atoms with E-state index in [1.807, 2.05) is 24.3 Å².